The van der Waals surface area contributed by atoms with Gasteiger partial charge in [-0.2, -0.15) is 0 Å². The number of carbonyl (C=O) groups is 2. The lowest BCUT2D eigenvalue weighted by Gasteiger charge is -2.28. The fourth-order valence-electron chi connectivity index (χ4n) is 6.29. The molecule has 0 aliphatic rings. The first-order chi connectivity index (χ1) is 29.0. The lowest BCUT2D eigenvalue weighted by molar-refractivity contribution is -0.870. The number of hydrogen-bond donors (Lipinski definition) is 0. The summed E-state index contributed by atoms with van der Waals surface area (Å²) in [6, 6.07) is 0. The molecule has 0 aliphatic heterocycles. The molecule has 0 bridgehead atoms. The molecule has 0 fully saturated rings. The van der Waals surface area contributed by atoms with Gasteiger partial charge in [-0.05, 0) is 77.0 Å². The number of hydrogen-bond acceptors (Lipinski definition) is 8. The maximum absolute atomic E-state index is 12.7. The Morgan fingerprint density at radius 2 is 0.950 bits per heavy atom. The molecule has 0 saturated heterocycles. The summed E-state index contributed by atoms with van der Waals surface area (Å²) in [6.07, 6.45) is 51.0. The van der Waals surface area contributed by atoms with Gasteiger partial charge in [0.15, 0.2) is 6.10 Å². The van der Waals surface area contributed by atoms with Gasteiger partial charge in [-0.1, -0.05) is 164 Å². The van der Waals surface area contributed by atoms with E-state index in [1.807, 2.05) is 21.1 Å². The third-order valence-electron chi connectivity index (χ3n) is 10.0. The third kappa shape index (κ3) is 45.2. The van der Waals surface area contributed by atoms with E-state index in [9.17, 15) is 19.0 Å². The molecule has 0 aromatic carbocycles. The Hall–Kier alpha value is -2.29. The topological polar surface area (TPSA) is 111 Å². The molecule has 9 nitrogen and oxygen atoms in total. The molecular formula is C50H90NO8P. The van der Waals surface area contributed by atoms with Gasteiger partial charge >= 0.3 is 11.9 Å². The molecule has 0 aliphatic carbocycles. The van der Waals surface area contributed by atoms with Gasteiger partial charge in [0.1, 0.15) is 19.8 Å². The molecule has 0 aromatic rings. The number of esters is 2. The average Bonchev–Trinajstić information content (AvgIpc) is 3.20. The third-order valence-corrected chi connectivity index (χ3v) is 11.0. The van der Waals surface area contributed by atoms with Crippen molar-refractivity contribution < 1.29 is 42.1 Å². The van der Waals surface area contributed by atoms with E-state index in [-0.39, 0.29) is 26.1 Å². The Balaban J connectivity index is 4.30. The first-order valence-electron chi connectivity index (χ1n) is 24.0. The van der Waals surface area contributed by atoms with Crippen LogP contribution in [0.5, 0.6) is 0 Å². The van der Waals surface area contributed by atoms with Gasteiger partial charge in [-0.25, -0.2) is 0 Å². The average molecular weight is 864 g/mol. The molecule has 2 atom stereocenters. The fourth-order valence-corrected chi connectivity index (χ4v) is 7.02. The number of phosphoric ester groups is 1. The fraction of sp³-hybridized carbons (Fsp3) is 0.760. The quantitative estimate of drug-likeness (QED) is 0.0196. The summed E-state index contributed by atoms with van der Waals surface area (Å²) < 4.78 is 33.9. The van der Waals surface area contributed by atoms with Gasteiger partial charge in [0.05, 0.1) is 27.7 Å². The lowest BCUT2D eigenvalue weighted by Crippen LogP contribution is -2.37. The summed E-state index contributed by atoms with van der Waals surface area (Å²) in [5.41, 5.74) is 0. The van der Waals surface area contributed by atoms with E-state index in [0.717, 1.165) is 89.9 Å². The number of carbonyl (C=O) groups excluding carboxylic acids is 2. The predicted octanol–water partition coefficient (Wildman–Crippen LogP) is 13.4. The van der Waals surface area contributed by atoms with E-state index in [0.29, 0.717) is 17.4 Å². The zero-order valence-electron chi connectivity index (χ0n) is 39.1. The second-order valence-electron chi connectivity index (χ2n) is 17.1. The minimum Gasteiger partial charge on any atom is -0.756 e. The van der Waals surface area contributed by atoms with Crippen molar-refractivity contribution in [3.05, 3.63) is 60.8 Å². The molecule has 0 rings (SSSR count). The molecule has 0 aromatic heterocycles. The van der Waals surface area contributed by atoms with Crippen LogP contribution in [0, 0.1) is 0 Å². The molecule has 0 amide bonds. The Labute approximate surface area is 368 Å². The summed E-state index contributed by atoms with van der Waals surface area (Å²) >= 11 is 0. The summed E-state index contributed by atoms with van der Waals surface area (Å²) in [4.78, 5) is 37.6. The normalized spacial score (nSPS) is 14.0. The zero-order chi connectivity index (χ0) is 44.3. The summed E-state index contributed by atoms with van der Waals surface area (Å²) in [5.74, 6) is -0.860. The molecule has 2 unspecified atom stereocenters. The van der Waals surface area contributed by atoms with Crippen molar-refractivity contribution in [2.75, 3.05) is 47.5 Å². The van der Waals surface area contributed by atoms with Crippen LogP contribution in [0.4, 0.5) is 0 Å². The van der Waals surface area contributed by atoms with Crippen LogP contribution in [0.25, 0.3) is 0 Å². The lowest BCUT2D eigenvalue weighted by atomic mass is 10.1. The Morgan fingerprint density at radius 3 is 1.42 bits per heavy atom. The van der Waals surface area contributed by atoms with E-state index in [2.05, 4.69) is 74.6 Å². The molecule has 0 heterocycles. The molecule has 10 heteroatoms. The van der Waals surface area contributed by atoms with Crippen LogP contribution in [0.3, 0.4) is 0 Å². The zero-order valence-corrected chi connectivity index (χ0v) is 40.0. The van der Waals surface area contributed by atoms with Crippen LogP contribution < -0.4 is 4.89 Å². The van der Waals surface area contributed by atoms with Gasteiger partial charge in [0.25, 0.3) is 7.82 Å². The van der Waals surface area contributed by atoms with E-state index in [1.54, 1.807) is 0 Å². The van der Waals surface area contributed by atoms with Gasteiger partial charge in [-0.3, -0.25) is 14.2 Å². The van der Waals surface area contributed by atoms with Crippen LogP contribution >= 0.6 is 7.82 Å². The smallest absolute Gasteiger partial charge is 0.306 e. The highest BCUT2D eigenvalue weighted by Crippen LogP contribution is 2.38. The largest absolute Gasteiger partial charge is 0.756 e. The number of ether oxygens (including phenoxy) is 2. The van der Waals surface area contributed by atoms with Crippen molar-refractivity contribution >= 4 is 19.8 Å². The van der Waals surface area contributed by atoms with E-state index in [4.69, 9.17) is 18.5 Å². The Kier molecular flexibility index (Phi) is 40.4. The maximum atomic E-state index is 12.7. The monoisotopic (exact) mass is 864 g/mol. The van der Waals surface area contributed by atoms with Crippen molar-refractivity contribution in [3.63, 3.8) is 0 Å². The number of rotatable bonds is 43. The first kappa shape index (κ1) is 57.7. The van der Waals surface area contributed by atoms with Crippen molar-refractivity contribution in [1.82, 2.24) is 0 Å². The first-order valence-corrected chi connectivity index (χ1v) is 25.5. The van der Waals surface area contributed by atoms with Gasteiger partial charge in [0.2, 0.25) is 0 Å². The van der Waals surface area contributed by atoms with E-state index in [1.165, 1.54) is 70.6 Å². The second-order valence-corrected chi connectivity index (χ2v) is 18.5. The minimum absolute atomic E-state index is 0.0375. The Morgan fingerprint density at radius 1 is 0.533 bits per heavy atom. The van der Waals surface area contributed by atoms with Gasteiger partial charge < -0.3 is 27.9 Å². The van der Waals surface area contributed by atoms with Gasteiger partial charge in [-0.15, -0.1) is 0 Å². The Bertz CT molecular complexity index is 1210. The van der Waals surface area contributed by atoms with Crippen LogP contribution in [0.1, 0.15) is 194 Å². The number of likely N-dealkylation sites (N-methyl/N-ethyl adjacent to an activating group) is 1. The number of quaternary nitrogens is 1. The van der Waals surface area contributed by atoms with Crippen LogP contribution in [-0.4, -0.2) is 70.0 Å². The standard InChI is InChI=1S/C50H90NO8P/c1-6-8-10-12-14-16-18-20-22-23-24-25-26-27-29-30-32-34-36-38-40-42-49(52)56-46-48(47-58-60(54,55)57-45-44-51(3,4)5)59-50(53)43-41-39-37-35-33-31-28-21-19-17-15-13-11-9-7-2/h9,11,15,17-18,20-21,23-24,28,48H,6-8,10,12-14,16,19,22,25-27,29-47H2,1-5H3/b11-9-,17-15-,20-18-,24-23-,28-21-. The maximum Gasteiger partial charge on any atom is 0.306 e. The van der Waals surface area contributed by atoms with E-state index >= 15 is 0 Å². The second kappa shape index (κ2) is 42.0. The van der Waals surface area contributed by atoms with Crippen molar-refractivity contribution in [2.45, 2.75) is 200 Å². The van der Waals surface area contributed by atoms with E-state index < -0.39 is 32.5 Å². The van der Waals surface area contributed by atoms with Gasteiger partial charge in [0, 0.05) is 12.8 Å². The number of unbranched alkanes of at least 4 members (excludes halogenated alkanes) is 19. The molecule has 0 radical (unpaired) electrons. The van der Waals surface area contributed by atoms with Crippen molar-refractivity contribution in [3.8, 4) is 0 Å². The summed E-state index contributed by atoms with van der Waals surface area (Å²) in [6.45, 7) is 4.08. The highest BCUT2D eigenvalue weighted by atomic mass is 31.2. The summed E-state index contributed by atoms with van der Waals surface area (Å²) in [5, 5.41) is 0. The number of allylic oxidation sites excluding steroid dienone is 10. The molecule has 0 spiro atoms. The highest BCUT2D eigenvalue weighted by molar-refractivity contribution is 7.45. The predicted molar refractivity (Wildman–Crippen MR) is 250 cm³/mol. The molecule has 0 N–H and O–H groups in total. The highest BCUT2D eigenvalue weighted by Gasteiger charge is 2.21. The van der Waals surface area contributed by atoms with Crippen LogP contribution in [-0.2, 0) is 32.7 Å². The van der Waals surface area contributed by atoms with Crippen LogP contribution in [0.2, 0.25) is 0 Å². The molecule has 60 heavy (non-hydrogen) atoms. The van der Waals surface area contributed by atoms with Crippen molar-refractivity contribution in [1.29, 1.82) is 0 Å². The molecule has 348 valence electrons. The van der Waals surface area contributed by atoms with Crippen LogP contribution in [0.15, 0.2) is 60.8 Å². The summed E-state index contributed by atoms with van der Waals surface area (Å²) in [7, 11) is 1.14. The molecule has 0 saturated carbocycles. The minimum atomic E-state index is -4.64. The molecular weight excluding hydrogens is 774 g/mol. The van der Waals surface area contributed by atoms with Crippen molar-refractivity contribution in [2.24, 2.45) is 0 Å². The SMILES string of the molecule is CC/C=C\C/C=C\C/C=C\CCCCCCCC(=O)OC(COC(=O)CCCCCCCCCCC/C=C\C/C=C\CCCCCCC)COP(=O)([O-])OCC[N+](C)(C)C. The number of phosphoric acid groups is 1. The number of nitrogens with zero attached hydrogens (tertiary/aromatic N) is 1.